The molecule has 0 aliphatic carbocycles. The van der Waals surface area contributed by atoms with Gasteiger partial charge in [0, 0.05) is 35.1 Å². The number of thioether (sulfide) groups is 1. The van der Waals surface area contributed by atoms with Gasteiger partial charge in [0.15, 0.2) is 6.54 Å². The van der Waals surface area contributed by atoms with Gasteiger partial charge in [0.2, 0.25) is 5.52 Å². The van der Waals surface area contributed by atoms with Gasteiger partial charge in [-0.3, -0.25) is 8.74 Å². The van der Waals surface area contributed by atoms with Gasteiger partial charge in [-0.25, -0.2) is 8.42 Å². The van der Waals surface area contributed by atoms with E-state index in [4.69, 9.17) is 4.18 Å². The Hall–Kier alpha value is -2.84. The van der Waals surface area contributed by atoms with Gasteiger partial charge in [-0.15, -0.1) is 0 Å². The lowest BCUT2D eigenvalue weighted by molar-refractivity contribution is -0.667. The fourth-order valence-corrected chi connectivity index (χ4v) is 9.21. The van der Waals surface area contributed by atoms with Gasteiger partial charge >= 0.3 is 11.4 Å². The van der Waals surface area contributed by atoms with Crippen LogP contribution in [0, 0.1) is 0 Å². The fourth-order valence-electron chi connectivity index (χ4n) is 5.90. The van der Waals surface area contributed by atoms with Crippen LogP contribution >= 0.6 is 23.1 Å². The van der Waals surface area contributed by atoms with Crippen LogP contribution in [0.3, 0.4) is 0 Å². The van der Waals surface area contributed by atoms with Crippen molar-refractivity contribution in [3.05, 3.63) is 83.4 Å². The second kappa shape index (κ2) is 13.3. The topological polar surface area (TPSA) is 111 Å². The molecule has 0 saturated carbocycles. The maximum atomic E-state index is 11.4. The van der Waals surface area contributed by atoms with Crippen molar-refractivity contribution >= 4 is 88.1 Å². The highest BCUT2D eigenvalue weighted by Crippen LogP contribution is 2.49. The molecular formula is C32H32N2O6S4. The molecule has 8 nitrogen and oxygen atoms in total. The van der Waals surface area contributed by atoms with Crippen LogP contribution in [0.15, 0.2) is 83.3 Å². The second-order valence-corrected chi connectivity index (χ2v) is 15.1. The fraction of sp³-hybridized carbons (Fsp3) is 0.281. The first kappa shape index (κ1) is 31.2. The van der Waals surface area contributed by atoms with Gasteiger partial charge < -0.3 is 9.45 Å². The number of hydrogen-bond acceptors (Lipinski definition) is 8. The Kier molecular flexibility index (Phi) is 9.39. The number of benzene rings is 4. The molecule has 5 aromatic rings. The molecule has 4 aromatic carbocycles. The Bertz CT molecular complexity index is 2010. The molecule has 230 valence electrons. The third-order valence-electron chi connectivity index (χ3n) is 7.89. The van der Waals surface area contributed by atoms with Crippen LogP contribution in [0.25, 0.3) is 37.8 Å². The number of aryl methyl sites for hydroxylation is 1. The number of fused-ring (bicyclic) bond motifs is 6. The first-order valence-electron chi connectivity index (χ1n) is 14.4. The highest BCUT2D eigenvalue weighted by Gasteiger charge is 2.32. The lowest BCUT2D eigenvalue weighted by atomic mass is 10.1. The molecule has 1 N–H and O–H groups in total. The van der Waals surface area contributed by atoms with Crippen molar-refractivity contribution in [1.82, 2.24) is 0 Å². The summed E-state index contributed by atoms with van der Waals surface area (Å²) in [5.74, 6) is -0.410. The van der Waals surface area contributed by atoms with E-state index < -0.39 is 27.2 Å². The molecule has 1 aliphatic rings. The molecule has 44 heavy (non-hydrogen) atoms. The average molecular weight is 669 g/mol. The zero-order valence-electron chi connectivity index (χ0n) is 24.0. The normalized spacial score (nSPS) is 16.3. The third kappa shape index (κ3) is 6.71. The molecule has 1 aliphatic heterocycles. The summed E-state index contributed by atoms with van der Waals surface area (Å²) in [4.78, 5) is 3.45. The predicted octanol–water partition coefficient (Wildman–Crippen LogP) is 6.71. The molecule has 6 rings (SSSR count). The van der Waals surface area contributed by atoms with E-state index in [-0.39, 0.29) is 18.4 Å². The van der Waals surface area contributed by atoms with Crippen LogP contribution in [0.1, 0.15) is 31.2 Å². The molecule has 0 radical (unpaired) electrons. The van der Waals surface area contributed by atoms with Crippen LogP contribution in [0.2, 0.25) is 0 Å². The number of aromatic nitrogens is 1. The molecule has 0 spiro atoms. The molecular weight excluding hydrogens is 637 g/mol. The summed E-state index contributed by atoms with van der Waals surface area (Å²) in [7, 11) is -4.32. The summed E-state index contributed by atoms with van der Waals surface area (Å²) in [5.41, 5.74) is 3.38. The maximum Gasteiger partial charge on any atom is 0.301 e. The SMILES string of the molecule is CCC(=Cc1sc2ccc3ccccc3c2[n+]1CCCS(=O)(=O)[O-])CC1Sc2ccc3ccccc3c2N1CCOS(=O)O. The van der Waals surface area contributed by atoms with Crippen molar-refractivity contribution in [1.29, 1.82) is 0 Å². The van der Waals surface area contributed by atoms with E-state index in [2.05, 4.69) is 71.0 Å². The molecule has 0 bridgehead atoms. The largest absolute Gasteiger partial charge is 0.748 e. The summed E-state index contributed by atoms with van der Waals surface area (Å²) >= 11 is 1.12. The van der Waals surface area contributed by atoms with Gasteiger partial charge in [-0.2, -0.15) is 8.78 Å². The summed E-state index contributed by atoms with van der Waals surface area (Å²) in [6, 6.07) is 24.9. The first-order valence-corrected chi connectivity index (χ1v) is 18.7. The van der Waals surface area contributed by atoms with Crippen LogP contribution in [0.4, 0.5) is 5.69 Å². The zero-order valence-corrected chi connectivity index (χ0v) is 27.3. The molecule has 12 heteroatoms. The van der Waals surface area contributed by atoms with Crippen molar-refractivity contribution in [2.24, 2.45) is 0 Å². The minimum Gasteiger partial charge on any atom is -0.748 e. The van der Waals surface area contributed by atoms with Crippen molar-refractivity contribution in [3.63, 3.8) is 0 Å². The minimum absolute atomic E-state index is 0.0481. The van der Waals surface area contributed by atoms with Gasteiger partial charge in [-0.05, 0) is 41.8 Å². The van der Waals surface area contributed by atoms with Crippen molar-refractivity contribution in [2.75, 3.05) is 23.8 Å². The highest BCUT2D eigenvalue weighted by molar-refractivity contribution is 8.00. The highest BCUT2D eigenvalue weighted by atomic mass is 32.2. The first-order chi connectivity index (χ1) is 21.2. The maximum absolute atomic E-state index is 11.4. The van der Waals surface area contributed by atoms with Crippen molar-refractivity contribution in [2.45, 2.75) is 43.0 Å². The van der Waals surface area contributed by atoms with E-state index in [1.807, 2.05) is 24.3 Å². The standard InChI is InChI=1S/C32H32N2O6S4/c1-2-22(21-30-34(17-18-40-43(35)36)32-26-11-6-4-9-24(26)13-15-28(32)42-30)20-29-33(16-7-19-44(37,38)39)31-25-10-5-3-8-23(25)12-14-27(31)41-29/h3-6,8-15,20,30H,2,7,16-19,21H2,1H3,(H-,35,36,37,38,39). The van der Waals surface area contributed by atoms with Crippen LogP contribution < -0.4 is 9.47 Å². The molecule has 0 saturated heterocycles. The Balaban J connectivity index is 1.37. The Morgan fingerprint density at radius 3 is 2.50 bits per heavy atom. The van der Waals surface area contributed by atoms with Crippen LogP contribution in [-0.4, -0.2) is 46.0 Å². The predicted molar refractivity (Wildman–Crippen MR) is 179 cm³/mol. The van der Waals surface area contributed by atoms with E-state index in [1.54, 1.807) is 23.1 Å². The second-order valence-electron chi connectivity index (χ2n) is 10.6. The van der Waals surface area contributed by atoms with E-state index in [1.165, 1.54) is 5.57 Å². The lowest BCUT2D eigenvalue weighted by Gasteiger charge is -2.27. The molecule has 0 fully saturated rings. The van der Waals surface area contributed by atoms with Crippen molar-refractivity contribution < 1.29 is 30.5 Å². The lowest BCUT2D eigenvalue weighted by Crippen LogP contribution is -2.36. The number of rotatable bonds is 12. The Labute approximate surface area is 267 Å². The van der Waals surface area contributed by atoms with Gasteiger partial charge in [0.1, 0.15) is 4.70 Å². The molecule has 0 amide bonds. The number of thiazole rings is 1. The number of anilines is 1. The molecule has 2 heterocycles. The monoisotopic (exact) mass is 668 g/mol. The quantitative estimate of drug-likeness (QED) is 0.0888. The molecule has 2 unspecified atom stereocenters. The van der Waals surface area contributed by atoms with Gasteiger partial charge in [0.25, 0.3) is 5.01 Å². The van der Waals surface area contributed by atoms with E-state index in [0.717, 1.165) is 60.2 Å². The van der Waals surface area contributed by atoms with Crippen LogP contribution in [-0.2, 0) is 32.2 Å². The zero-order chi connectivity index (χ0) is 30.8. The smallest absolute Gasteiger partial charge is 0.301 e. The summed E-state index contributed by atoms with van der Waals surface area (Å²) in [6.07, 6.45) is 4.00. The van der Waals surface area contributed by atoms with E-state index in [0.29, 0.717) is 13.1 Å². The third-order valence-corrected chi connectivity index (χ3v) is 11.4. The van der Waals surface area contributed by atoms with Crippen LogP contribution in [0.5, 0.6) is 0 Å². The van der Waals surface area contributed by atoms with E-state index in [9.17, 15) is 21.7 Å². The summed E-state index contributed by atoms with van der Waals surface area (Å²) in [5, 5.41) is 5.51. The minimum atomic E-state index is -4.32. The van der Waals surface area contributed by atoms with Gasteiger partial charge in [0.05, 0.1) is 33.2 Å². The average Bonchev–Trinajstić information content (AvgIpc) is 3.53. The summed E-state index contributed by atoms with van der Waals surface area (Å²) in [6.45, 7) is 3.11. The molecule has 2 atom stereocenters. The Morgan fingerprint density at radius 2 is 1.77 bits per heavy atom. The Morgan fingerprint density at radius 1 is 1.07 bits per heavy atom. The van der Waals surface area contributed by atoms with E-state index >= 15 is 0 Å². The molecule has 1 aromatic heterocycles. The number of hydrogen-bond donors (Lipinski definition) is 1. The van der Waals surface area contributed by atoms with Gasteiger partial charge in [-0.1, -0.05) is 90.2 Å². The number of nitrogens with zero attached hydrogens (tertiary/aromatic N) is 2. The summed E-state index contributed by atoms with van der Waals surface area (Å²) < 4.78 is 63.1. The van der Waals surface area contributed by atoms with Crippen molar-refractivity contribution in [3.8, 4) is 0 Å².